The molecule has 156 valence electrons. The molecule has 1 heterocycles. The van der Waals surface area contributed by atoms with Crippen LogP contribution in [0.3, 0.4) is 0 Å². The van der Waals surface area contributed by atoms with Gasteiger partial charge in [-0.3, -0.25) is 4.79 Å². The topological polar surface area (TPSA) is 66.5 Å². The number of hydrogen-bond acceptors (Lipinski definition) is 3. The molecule has 1 amide bonds. The van der Waals surface area contributed by atoms with Gasteiger partial charge in [-0.2, -0.15) is 4.31 Å². The summed E-state index contributed by atoms with van der Waals surface area (Å²) in [6, 6.07) is 10.7. The van der Waals surface area contributed by atoms with E-state index in [1.54, 1.807) is 0 Å². The smallest absolute Gasteiger partial charge is 0.243 e. The zero-order valence-corrected chi connectivity index (χ0v) is 17.8. The Labute approximate surface area is 172 Å². The molecule has 5 nitrogen and oxygen atoms in total. The summed E-state index contributed by atoms with van der Waals surface area (Å²) in [6.45, 7) is 6.57. The number of piperidine rings is 1. The Hall–Kier alpha value is -2.25. The second-order valence-electron chi connectivity index (χ2n) is 7.84. The van der Waals surface area contributed by atoms with Crippen LogP contribution in [0, 0.1) is 18.7 Å². The molecule has 3 rings (SSSR count). The summed E-state index contributed by atoms with van der Waals surface area (Å²) in [5.41, 5.74) is 2.85. The molecule has 2 aromatic carbocycles. The molecule has 1 atom stereocenters. The van der Waals surface area contributed by atoms with E-state index in [1.807, 2.05) is 25.1 Å². The summed E-state index contributed by atoms with van der Waals surface area (Å²) in [5, 5.41) is 3.04. The average Bonchev–Trinajstić information content (AvgIpc) is 2.69. The van der Waals surface area contributed by atoms with E-state index in [0.717, 1.165) is 28.9 Å². The van der Waals surface area contributed by atoms with Crippen LogP contribution in [0.25, 0.3) is 0 Å². The molecule has 0 spiro atoms. The van der Waals surface area contributed by atoms with Crippen LogP contribution in [0.5, 0.6) is 0 Å². The van der Waals surface area contributed by atoms with Crippen molar-refractivity contribution >= 4 is 21.6 Å². The van der Waals surface area contributed by atoms with Crippen LogP contribution in [0.15, 0.2) is 47.4 Å². The minimum atomic E-state index is -3.76. The van der Waals surface area contributed by atoms with Gasteiger partial charge in [-0.05, 0) is 61.1 Å². The third-order valence-corrected chi connectivity index (χ3v) is 7.26. The number of amides is 1. The third kappa shape index (κ3) is 4.67. The van der Waals surface area contributed by atoms with E-state index in [2.05, 4.69) is 19.2 Å². The molecule has 0 aromatic heterocycles. The van der Waals surface area contributed by atoms with Crippen molar-refractivity contribution in [3.05, 3.63) is 59.4 Å². The normalized spacial score (nSPS) is 18.0. The molecule has 0 bridgehead atoms. The molecule has 29 heavy (non-hydrogen) atoms. The number of nitrogens with zero attached hydrogens (tertiary/aromatic N) is 1. The molecule has 1 N–H and O–H groups in total. The van der Waals surface area contributed by atoms with Gasteiger partial charge in [0, 0.05) is 18.8 Å². The highest BCUT2D eigenvalue weighted by atomic mass is 32.2. The maximum Gasteiger partial charge on any atom is 0.243 e. The summed E-state index contributed by atoms with van der Waals surface area (Å²) in [6.07, 6.45) is 1.23. The van der Waals surface area contributed by atoms with Gasteiger partial charge < -0.3 is 5.32 Å². The third-order valence-electron chi connectivity index (χ3n) is 5.38. The second kappa shape index (κ2) is 8.63. The number of rotatable bonds is 5. The molecular formula is C22H27FN2O3S. The number of nitrogens with one attached hydrogen (secondary N) is 1. The lowest BCUT2D eigenvalue weighted by molar-refractivity contribution is -0.120. The minimum absolute atomic E-state index is 0.0426. The van der Waals surface area contributed by atoms with Gasteiger partial charge in [0.2, 0.25) is 15.9 Å². The van der Waals surface area contributed by atoms with Crippen molar-refractivity contribution < 1.29 is 17.6 Å². The molecule has 7 heteroatoms. The van der Waals surface area contributed by atoms with Gasteiger partial charge in [0.15, 0.2) is 0 Å². The number of halogens is 1. The van der Waals surface area contributed by atoms with Crippen LogP contribution in [0.2, 0.25) is 0 Å². The maximum atomic E-state index is 13.2. The molecule has 0 unspecified atom stereocenters. The van der Waals surface area contributed by atoms with Crippen molar-refractivity contribution in [1.29, 1.82) is 0 Å². The van der Waals surface area contributed by atoms with Crippen molar-refractivity contribution in [2.24, 2.45) is 5.92 Å². The maximum absolute atomic E-state index is 13.2. The fourth-order valence-electron chi connectivity index (χ4n) is 3.70. The molecule has 2 aromatic rings. The number of para-hydroxylation sites is 1. The van der Waals surface area contributed by atoms with Gasteiger partial charge in [0.1, 0.15) is 5.82 Å². The van der Waals surface area contributed by atoms with E-state index in [-0.39, 0.29) is 23.3 Å². The van der Waals surface area contributed by atoms with E-state index in [9.17, 15) is 17.6 Å². The first-order valence-electron chi connectivity index (χ1n) is 9.86. The zero-order valence-electron chi connectivity index (χ0n) is 17.0. The molecule has 1 fully saturated rings. The number of hydrogen-bond donors (Lipinski definition) is 1. The van der Waals surface area contributed by atoms with Crippen LogP contribution in [0.1, 0.15) is 43.7 Å². The van der Waals surface area contributed by atoms with Crippen molar-refractivity contribution in [2.75, 3.05) is 18.4 Å². The molecule has 1 aliphatic rings. The molecular weight excluding hydrogens is 391 g/mol. The van der Waals surface area contributed by atoms with E-state index < -0.39 is 21.8 Å². The first-order chi connectivity index (χ1) is 13.7. The van der Waals surface area contributed by atoms with Crippen molar-refractivity contribution in [1.82, 2.24) is 4.31 Å². The van der Waals surface area contributed by atoms with Gasteiger partial charge in [-0.25, -0.2) is 12.8 Å². The van der Waals surface area contributed by atoms with Crippen molar-refractivity contribution in [2.45, 2.75) is 44.4 Å². The number of benzene rings is 2. The predicted molar refractivity (Wildman–Crippen MR) is 112 cm³/mol. The van der Waals surface area contributed by atoms with E-state index in [0.29, 0.717) is 19.4 Å². The van der Waals surface area contributed by atoms with Gasteiger partial charge >= 0.3 is 0 Å². The van der Waals surface area contributed by atoms with Gasteiger partial charge in [0.05, 0.1) is 10.8 Å². The lowest BCUT2D eigenvalue weighted by Gasteiger charge is -2.31. The second-order valence-corrected chi connectivity index (χ2v) is 9.78. The average molecular weight is 419 g/mol. The molecule has 1 aliphatic heterocycles. The lowest BCUT2D eigenvalue weighted by atomic mass is 9.95. The Balaban J connectivity index is 1.78. The quantitative estimate of drug-likeness (QED) is 0.787. The first-order valence-corrected chi connectivity index (χ1v) is 11.3. The van der Waals surface area contributed by atoms with Gasteiger partial charge in [-0.15, -0.1) is 0 Å². The Kier molecular flexibility index (Phi) is 6.39. The molecule has 0 aliphatic carbocycles. The SMILES string of the molecule is Cc1cccc(C(C)C)c1NC(=O)[C@H]1CCCN(S(=O)(=O)c2ccc(F)cc2)C1. The molecule has 0 saturated carbocycles. The minimum Gasteiger partial charge on any atom is -0.325 e. The highest BCUT2D eigenvalue weighted by Crippen LogP contribution is 2.30. The molecule has 0 radical (unpaired) electrons. The zero-order chi connectivity index (χ0) is 21.2. The number of carbonyl (C=O) groups excluding carboxylic acids is 1. The Morgan fingerprint density at radius 2 is 1.86 bits per heavy atom. The number of aryl methyl sites for hydroxylation is 1. The monoisotopic (exact) mass is 418 g/mol. The number of anilines is 1. The first kappa shape index (κ1) is 21.5. The fraction of sp³-hybridized carbons (Fsp3) is 0.409. The Bertz CT molecular complexity index is 988. The van der Waals surface area contributed by atoms with Crippen molar-refractivity contribution in [3.8, 4) is 0 Å². The van der Waals surface area contributed by atoms with Crippen molar-refractivity contribution in [3.63, 3.8) is 0 Å². The van der Waals surface area contributed by atoms with Gasteiger partial charge in [0.25, 0.3) is 0 Å². The Morgan fingerprint density at radius 1 is 1.17 bits per heavy atom. The van der Waals surface area contributed by atoms with E-state index in [1.165, 1.54) is 16.4 Å². The van der Waals surface area contributed by atoms with E-state index >= 15 is 0 Å². The summed E-state index contributed by atoms with van der Waals surface area (Å²) in [7, 11) is -3.76. The highest BCUT2D eigenvalue weighted by Gasteiger charge is 2.33. The van der Waals surface area contributed by atoms with Crippen LogP contribution in [-0.4, -0.2) is 31.7 Å². The number of sulfonamides is 1. The van der Waals surface area contributed by atoms with Crippen LogP contribution in [-0.2, 0) is 14.8 Å². The standard InChI is InChI=1S/C22H27FN2O3S/c1-15(2)20-8-4-6-16(3)21(20)24-22(26)17-7-5-13-25(14-17)29(27,28)19-11-9-18(23)10-12-19/h4,6,8-12,15,17H,5,7,13-14H2,1-3H3,(H,24,26)/t17-/m0/s1. The summed E-state index contributed by atoms with van der Waals surface area (Å²) < 4.78 is 40.3. The predicted octanol–water partition coefficient (Wildman–Crippen LogP) is 4.30. The largest absolute Gasteiger partial charge is 0.325 e. The molecule has 1 saturated heterocycles. The van der Waals surface area contributed by atoms with Crippen LogP contribution in [0.4, 0.5) is 10.1 Å². The number of carbonyl (C=O) groups is 1. The fourth-order valence-corrected chi connectivity index (χ4v) is 5.22. The highest BCUT2D eigenvalue weighted by molar-refractivity contribution is 7.89. The van der Waals surface area contributed by atoms with Crippen LogP contribution >= 0.6 is 0 Å². The summed E-state index contributed by atoms with van der Waals surface area (Å²) in [4.78, 5) is 13.0. The Morgan fingerprint density at radius 3 is 2.52 bits per heavy atom. The lowest BCUT2D eigenvalue weighted by Crippen LogP contribution is -2.43. The summed E-state index contributed by atoms with van der Waals surface area (Å²) >= 11 is 0. The van der Waals surface area contributed by atoms with Crippen LogP contribution < -0.4 is 5.32 Å². The van der Waals surface area contributed by atoms with E-state index in [4.69, 9.17) is 0 Å². The summed E-state index contributed by atoms with van der Waals surface area (Å²) in [5.74, 6) is -0.829. The van der Waals surface area contributed by atoms with Gasteiger partial charge in [-0.1, -0.05) is 32.0 Å².